The number of ether oxygens (including phenoxy) is 1. The third kappa shape index (κ3) is 4.42. The number of likely N-dealkylation sites (tertiary alicyclic amines) is 1. The molecule has 7 rings (SSSR count). The summed E-state index contributed by atoms with van der Waals surface area (Å²) in [5, 5.41) is 26.7. The molecule has 2 bridgehead atoms. The van der Waals surface area contributed by atoms with Crippen LogP contribution in [-0.2, 0) is 6.61 Å². The van der Waals surface area contributed by atoms with Crippen LogP contribution >= 0.6 is 0 Å². The summed E-state index contributed by atoms with van der Waals surface area (Å²) in [5.74, 6) is 0.113. The van der Waals surface area contributed by atoms with Crippen molar-refractivity contribution in [1.29, 1.82) is 0 Å². The van der Waals surface area contributed by atoms with E-state index in [1.54, 1.807) is 18.2 Å². The van der Waals surface area contributed by atoms with E-state index in [9.17, 15) is 10.2 Å². The van der Waals surface area contributed by atoms with Crippen molar-refractivity contribution in [3.8, 4) is 22.9 Å². The number of aliphatic hydroxyl groups is 1. The molecule has 208 valence electrons. The van der Waals surface area contributed by atoms with Gasteiger partial charge < -0.3 is 30.1 Å². The van der Waals surface area contributed by atoms with Gasteiger partial charge in [0.15, 0.2) is 5.82 Å². The van der Waals surface area contributed by atoms with Gasteiger partial charge in [0.1, 0.15) is 23.7 Å². The molecule has 3 aliphatic heterocycles. The summed E-state index contributed by atoms with van der Waals surface area (Å²) in [5.41, 5.74) is 1.32. The number of hydrogen-bond acceptors (Lipinski definition) is 8. The van der Waals surface area contributed by atoms with Crippen LogP contribution in [0.25, 0.3) is 32.8 Å². The number of hydrogen-bond donors (Lipinski definition) is 3. The summed E-state index contributed by atoms with van der Waals surface area (Å²) in [6.45, 7) is 2.63. The minimum absolute atomic E-state index is 0.0291. The number of fused-ring (bicyclic) bond motifs is 4. The summed E-state index contributed by atoms with van der Waals surface area (Å²) >= 11 is 0. The molecule has 0 spiro atoms. The largest absolute Gasteiger partial charge is 0.508 e. The van der Waals surface area contributed by atoms with Gasteiger partial charge in [-0.25, -0.2) is 4.39 Å². The molecule has 3 aliphatic rings. The Bertz CT molecular complexity index is 1590. The third-order valence-electron chi connectivity index (χ3n) is 8.85. The smallest absolute Gasteiger partial charge is 0.319 e. The van der Waals surface area contributed by atoms with E-state index in [0.717, 1.165) is 56.1 Å². The van der Waals surface area contributed by atoms with Crippen molar-refractivity contribution in [3.05, 3.63) is 53.8 Å². The lowest BCUT2D eigenvalue weighted by Gasteiger charge is -2.34. The summed E-state index contributed by atoms with van der Waals surface area (Å²) in [7, 11) is 2.09. The van der Waals surface area contributed by atoms with E-state index in [4.69, 9.17) is 9.72 Å². The molecule has 3 saturated heterocycles. The van der Waals surface area contributed by atoms with Crippen LogP contribution in [0.15, 0.2) is 42.5 Å². The van der Waals surface area contributed by atoms with Crippen LogP contribution in [0, 0.1) is 5.82 Å². The normalized spacial score (nSPS) is 23.0. The summed E-state index contributed by atoms with van der Waals surface area (Å²) in [4.78, 5) is 14.0. The fraction of sp³-hybridized carbons (Fsp3) is 0.419. The highest BCUT2D eigenvalue weighted by Gasteiger charge is 2.34. The Morgan fingerprint density at radius 2 is 1.85 bits per heavy atom. The minimum atomic E-state index is -0.554. The lowest BCUT2D eigenvalue weighted by molar-refractivity contribution is 0.188. The maximum absolute atomic E-state index is 16.8. The fourth-order valence-electron chi connectivity index (χ4n) is 6.80. The van der Waals surface area contributed by atoms with Gasteiger partial charge in [-0.05, 0) is 79.4 Å². The second-order valence-corrected chi connectivity index (χ2v) is 11.5. The van der Waals surface area contributed by atoms with Crippen molar-refractivity contribution in [2.45, 2.75) is 50.4 Å². The van der Waals surface area contributed by atoms with E-state index < -0.39 is 5.82 Å². The number of anilines is 1. The van der Waals surface area contributed by atoms with Crippen LogP contribution in [-0.4, -0.2) is 76.5 Å². The monoisotopic (exact) mass is 543 g/mol. The Morgan fingerprint density at radius 1 is 1.05 bits per heavy atom. The van der Waals surface area contributed by atoms with E-state index in [1.807, 2.05) is 24.3 Å². The highest BCUT2D eigenvalue weighted by atomic mass is 19.1. The van der Waals surface area contributed by atoms with Gasteiger partial charge in [0.05, 0.1) is 6.61 Å². The number of aliphatic hydroxyl groups excluding tert-OH is 1. The molecule has 0 radical (unpaired) electrons. The molecule has 0 saturated carbocycles. The molecule has 3 fully saturated rings. The molecular weight excluding hydrogens is 509 g/mol. The third-order valence-corrected chi connectivity index (χ3v) is 8.85. The van der Waals surface area contributed by atoms with Gasteiger partial charge in [-0.2, -0.15) is 9.97 Å². The van der Waals surface area contributed by atoms with Gasteiger partial charge >= 0.3 is 6.01 Å². The highest BCUT2D eigenvalue weighted by Crippen LogP contribution is 2.41. The van der Waals surface area contributed by atoms with Crippen molar-refractivity contribution >= 4 is 27.5 Å². The van der Waals surface area contributed by atoms with E-state index in [2.05, 4.69) is 27.1 Å². The van der Waals surface area contributed by atoms with Gasteiger partial charge in [-0.3, -0.25) is 0 Å². The Balaban J connectivity index is 1.41. The number of rotatable bonds is 6. The average Bonchev–Trinajstić information content (AvgIpc) is 3.53. The van der Waals surface area contributed by atoms with Gasteiger partial charge in [0.25, 0.3) is 0 Å². The van der Waals surface area contributed by atoms with Gasteiger partial charge in [0, 0.05) is 42.2 Å². The zero-order valence-corrected chi connectivity index (χ0v) is 22.6. The Hall–Kier alpha value is -3.53. The lowest BCUT2D eigenvalue weighted by atomic mass is 9.92. The van der Waals surface area contributed by atoms with Crippen LogP contribution in [0.1, 0.15) is 31.2 Å². The molecule has 4 heterocycles. The van der Waals surface area contributed by atoms with E-state index in [0.29, 0.717) is 41.0 Å². The molecular formula is C31H34FN5O3. The number of aromatic hydroxyl groups is 1. The summed E-state index contributed by atoms with van der Waals surface area (Å²) in [6.07, 6.45) is 4.37. The second kappa shape index (κ2) is 10.1. The van der Waals surface area contributed by atoms with E-state index >= 15 is 4.39 Å². The number of benzene rings is 3. The summed E-state index contributed by atoms with van der Waals surface area (Å²) in [6, 6.07) is 13.7. The SMILES string of the molecule is CN1CCC[C@H]1COc1nc(N2C[C@H]3CC[C@@H](C2)N3)c2cc(CO)c(-c3cc(O)cc4ccccc34)c(F)c2n1. The number of nitrogens with zero attached hydrogens (tertiary/aromatic N) is 4. The average molecular weight is 544 g/mol. The van der Waals surface area contributed by atoms with Crippen molar-refractivity contribution in [1.82, 2.24) is 20.2 Å². The molecule has 0 aliphatic carbocycles. The number of nitrogens with one attached hydrogen (secondary N) is 1. The predicted molar refractivity (Wildman–Crippen MR) is 153 cm³/mol. The first-order chi connectivity index (χ1) is 19.5. The predicted octanol–water partition coefficient (Wildman–Crippen LogP) is 4.20. The number of aromatic nitrogens is 2. The van der Waals surface area contributed by atoms with Crippen molar-refractivity contribution in [3.63, 3.8) is 0 Å². The molecule has 3 N–H and O–H groups in total. The van der Waals surface area contributed by atoms with E-state index in [1.165, 1.54) is 0 Å². The maximum Gasteiger partial charge on any atom is 0.319 e. The fourth-order valence-corrected chi connectivity index (χ4v) is 6.80. The minimum Gasteiger partial charge on any atom is -0.508 e. The number of halogens is 1. The van der Waals surface area contributed by atoms with Crippen LogP contribution in [0.4, 0.5) is 10.2 Å². The zero-order valence-electron chi connectivity index (χ0n) is 22.6. The van der Waals surface area contributed by atoms with Crippen LogP contribution in [0.5, 0.6) is 11.8 Å². The highest BCUT2D eigenvalue weighted by molar-refractivity contribution is 6.02. The van der Waals surface area contributed by atoms with Crippen LogP contribution < -0.4 is 15.0 Å². The molecule has 0 amide bonds. The van der Waals surface area contributed by atoms with Crippen LogP contribution in [0.3, 0.4) is 0 Å². The maximum atomic E-state index is 16.8. The number of piperazine rings is 1. The van der Waals surface area contributed by atoms with Crippen molar-refractivity contribution in [2.24, 2.45) is 0 Å². The Labute approximate surface area is 232 Å². The topological polar surface area (TPSA) is 94.0 Å². The molecule has 8 nitrogen and oxygen atoms in total. The number of likely N-dealkylation sites (N-methyl/N-ethyl adjacent to an activating group) is 1. The Kier molecular flexibility index (Phi) is 6.45. The molecule has 3 atom stereocenters. The lowest BCUT2D eigenvalue weighted by Crippen LogP contribution is -2.51. The molecule has 3 aromatic carbocycles. The Morgan fingerprint density at radius 3 is 2.60 bits per heavy atom. The molecule has 4 aromatic rings. The standard InChI is InChI=1S/C31H34FN5O3/c1-36-10-4-6-22(36)17-40-31-34-29-26(30(35-31)37-14-20-8-9-21(15-37)33-20)12-19(16-38)27(28(29)32)25-13-23(39)11-18-5-2-3-7-24(18)25/h2-3,5,7,11-13,20-22,33,38-39H,4,6,8-10,14-17H2,1H3/t20-,21+,22-/m0/s1. The van der Waals surface area contributed by atoms with Crippen molar-refractivity contribution < 1.29 is 19.3 Å². The number of phenols is 1. The van der Waals surface area contributed by atoms with Gasteiger partial charge in [-0.15, -0.1) is 0 Å². The first-order valence-corrected chi connectivity index (χ1v) is 14.2. The summed E-state index contributed by atoms with van der Waals surface area (Å²) < 4.78 is 22.9. The second-order valence-electron chi connectivity index (χ2n) is 11.5. The van der Waals surface area contributed by atoms with Crippen LogP contribution in [0.2, 0.25) is 0 Å². The molecule has 1 aromatic heterocycles. The van der Waals surface area contributed by atoms with Gasteiger partial charge in [-0.1, -0.05) is 24.3 Å². The first kappa shape index (κ1) is 25.4. The quantitative estimate of drug-likeness (QED) is 0.333. The zero-order chi connectivity index (χ0) is 27.4. The molecule has 9 heteroatoms. The molecule has 40 heavy (non-hydrogen) atoms. The first-order valence-electron chi connectivity index (χ1n) is 14.2. The number of phenolic OH excluding ortho intramolecular Hbond substituents is 1. The molecule has 0 unspecified atom stereocenters. The van der Waals surface area contributed by atoms with E-state index in [-0.39, 0.29) is 35.5 Å². The van der Waals surface area contributed by atoms with Gasteiger partial charge in [0.2, 0.25) is 0 Å². The van der Waals surface area contributed by atoms with Crippen molar-refractivity contribution in [2.75, 3.05) is 38.2 Å².